The first-order chi connectivity index (χ1) is 11.6. The summed E-state index contributed by atoms with van der Waals surface area (Å²) in [6.45, 7) is 2.90. The highest BCUT2D eigenvalue weighted by atomic mass is 32.1. The van der Waals surface area contributed by atoms with Crippen LogP contribution in [0.3, 0.4) is 0 Å². The van der Waals surface area contributed by atoms with Crippen molar-refractivity contribution in [2.24, 2.45) is 0 Å². The molecule has 5 heteroatoms. The quantitative estimate of drug-likeness (QED) is 0.873. The smallest absolute Gasteiger partial charge is 0.251 e. The molecule has 1 aliphatic heterocycles. The first-order valence-electron chi connectivity index (χ1n) is 8.48. The summed E-state index contributed by atoms with van der Waals surface area (Å²) in [6, 6.07) is 12.3. The fraction of sp³-hybridized carbons (Fsp3) is 0.421. The van der Waals surface area contributed by atoms with E-state index in [2.05, 4.69) is 27.7 Å². The second-order valence-corrected chi connectivity index (χ2v) is 7.40. The van der Waals surface area contributed by atoms with Crippen molar-refractivity contribution in [3.05, 3.63) is 52.2 Å². The number of hydrogen-bond acceptors (Lipinski definition) is 4. The fourth-order valence-electron chi connectivity index (χ4n) is 3.15. The first-order valence-corrected chi connectivity index (χ1v) is 9.36. The lowest BCUT2D eigenvalue weighted by atomic mass is 10.1. The number of hydrogen-bond donors (Lipinski definition) is 1. The maximum Gasteiger partial charge on any atom is 0.251 e. The lowest BCUT2D eigenvalue weighted by molar-refractivity contribution is 0.0938. The van der Waals surface area contributed by atoms with Crippen LogP contribution in [0.5, 0.6) is 0 Å². The van der Waals surface area contributed by atoms with Crippen molar-refractivity contribution in [2.45, 2.75) is 18.9 Å². The van der Waals surface area contributed by atoms with Gasteiger partial charge in [-0.2, -0.15) is 0 Å². The van der Waals surface area contributed by atoms with E-state index in [0.29, 0.717) is 12.1 Å². The molecule has 1 aliphatic rings. The van der Waals surface area contributed by atoms with Gasteiger partial charge in [-0.05, 0) is 61.6 Å². The Balaban J connectivity index is 1.64. The van der Waals surface area contributed by atoms with Gasteiger partial charge in [0.2, 0.25) is 0 Å². The number of rotatable bonds is 6. The van der Waals surface area contributed by atoms with E-state index in [1.54, 1.807) is 11.3 Å². The van der Waals surface area contributed by atoms with Crippen LogP contribution in [0.15, 0.2) is 41.8 Å². The van der Waals surface area contributed by atoms with E-state index in [0.717, 1.165) is 18.8 Å². The zero-order chi connectivity index (χ0) is 16.9. The van der Waals surface area contributed by atoms with Gasteiger partial charge in [-0.15, -0.1) is 11.3 Å². The molecule has 1 amide bonds. The van der Waals surface area contributed by atoms with E-state index in [-0.39, 0.29) is 11.9 Å². The summed E-state index contributed by atoms with van der Waals surface area (Å²) in [5, 5.41) is 5.24. The highest BCUT2D eigenvalue weighted by Crippen LogP contribution is 2.27. The molecular weight excluding hydrogens is 318 g/mol. The molecule has 0 saturated carbocycles. The molecule has 0 bridgehead atoms. The Morgan fingerprint density at radius 1 is 1.21 bits per heavy atom. The van der Waals surface area contributed by atoms with Crippen molar-refractivity contribution in [1.82, 2.24) is 10.2 Å². The number of thiophene rings is 1. The van der Waals surface area contributed by atoms with Gasteiger partial charge in [0.1, 0.15) is 0 Å². The monoisotopic (exact) mass is 343 g/mol. The molecule has 1 aromatic heterocycles. The Morgan fingerprint density at radius 3 is 2.50 bits per heavy atom. The van der Waals surface area contributed by atoms with Crippen LogP contribution in [0.1, 0.15) is 34.1 Å². The summed E-state index contributed by atoms with van der Waals surface area (Å²) in [5.41, 5.74) is 1.81. The summed E-state index contributed by atoms with van der Waals surface area (Å²) in [6.07, 6.45) is 2.50. The minimum atomic E-state index is 0.000981. The summed E-state index contributed by atoms with van der Waals surface area (Å²) in [7, 11) is 3.99. The third-order valence-corrected chi connectivity index (χ3v) is 5.53. The van der Waals surface area contributed by atoms with E-state index >= 15 is 0 Å². The van der Waals surface area contributed by atoms with E-state index in [4.69, 9.17) is 0 Å². The molecule has 24 heavy (non-hydrogen) atoms. The van der Waals surface area contributed by atoms with Crippen LogP contribution in [0.4, 0.5) is 5.69 Å². The number of carbonyl (C=O) groups excluding carboxylic acids is 1. The SMILES string of the molecule is CN(C)c1ccc(C(=O)NC[C@@H](c2cccs2)N2CCCC2)cc1. The van der Waals surface area contributed by atoms with Gasteiger partial charge in [-0.3, -0.25) is 9.69 Å². The van der Waals surface area contributed by atoms with Gasteiger partial charge in [0.25, 0.3) is 5.91 Å². The molecule has 2 aromatic rings. The summed E-state index contributed by atoms with van der Waals surface area (Å²) >= 11 is 1.77. The van der Waals surface area contributed by atoms with E-state index in [9.17, 15) is 4.79 Å². The molecule has 0 spiro atoms. The average Bonchev–Trinajstić information content (AvgIpc) is 3.29. The second kappa shape index (κ2) is 7.81. The molecule has 0 aliphatic carbocycles. The third kappa shape index (κ3) is 3.97. The maximum atomic E-state index is 12.5. The number of nitrogens with zero attached hydrogens (tertiary/aromatic N) is 2. The normalized spacial score (nSPS) is 16.1. The summed E-state index contributed by atoms with van der Waals surface area (Å²) in [4.78, 5) is 18.3. The Labute approximate surface area is 148 Å². The molecule has 2 heterocycles. The number of nitrogens with one attached hydrogen (secondary N) is 1. The second-order valence-electron chi connectivity index (χ2n) is 6.43. The Kier molecular flexibility index (Phi) is 5.53. The number of anilines is 1. The van der Waals surface area contributed by atoms with Crippen LogP contribution < -0.4 is 10.2 Å². The zero-order valence-electron chi connectivity index (χ0n) is 14.4. The fourth-order valence-corrected chi connectivity index (χ4v) is 4.01. The van der Waals surface area contributed by atoms with Gasteiger partial charge >= 0.3 is 0 Å². The Bertz CT molecular complexity index is 646. The lowest BCUT2D eigenvalue weighted by Gasteiger charge is -2.27. The zero-order valence-corrected chi connectivity index (χ0v) is 15.2. The molecule has 1 aromatic carbocycles. The minimum absolute atomic E-state index is 0.000981. The van der Waals surface area contributed by atoms with Gasteiger partial charge < -0.3 is 10.2 Å². The van der Waals surface area contributed by atoms with Crippen LogP contribution in [0.25, 0.3) is 0 Å². The van der Waals surface area contributed by atoms with Crippen molar-refractivity contribution >= 4 is 22.9 Å². The molecule has 1 fully saturated rings. The Morgan fingerprint density at radius 2 is 1.92 bits per heavy atom. The van der Waals surface area contributed by atoms with Gasteiger partial charge in [0.05, 0.1) is 6.04 Å². The summed E-state index contributed by atoms with van der Waals surface area (Å²) < 4.78 is 0. The van der Waals surface area contributed by atoms with Crippen LogP contribution in [0, 0.1) is 0 Å². The molecule has 1 N–H and O–H groups in total. The molecule has 3 rings (SSSR count). The van der Waals surface area contributed by atoms with Crippen molar-refractivity contribution in [3.63, 3.8) is 0 Å². The number of amides is 1. The molecule has 1 saturated heterocycles. The van der Waals surface area contributed by atoms with Crippen LogP contribution >= 0.6 is 11.3 Å². The topological polar surface area (TPSA) is 35.6 Å². The first kappa shape index (κ1) is 17.0. The molecule has 4 nitrogen and oxygen atoms in total. The van der Waals surface area contributed by atoms with Gasteiger partial charge in [0, 0.05) is 36.8 Å². The Hall–Kier alpha value is -1.85. The van der Waals surface area contributed by atoms with E-state index in [1.807, 2.05) is 43.3 Å². The van der Waals surface area contributed by atoms with Crippen molar-refractivity contribution in [1.29, 1.82) is 0 Å². The van der Waals surface area contributed by atoms with Crippen molar-refractivity contribution in [3.8, 4) is 0 Å². The molecule has 0 radical (unpaired) electrons. The van der Waals surface area contributed by atoms with Crippen molar-refractivity contribution in [2.75, 3.05) is 38.6 Å². The number of likely N-dealkylation sites (tertiary alicyclic amines) is 1. The summed E-state index contributed by atoms with van der Waals surface area (Å²) in [5.74, 6) is 0.000981. The van der Waals surface area contributed by atoms with E-state index < -0.39 is 0 Å². The molecule has 128 valence electrons. The standard InChI is InChI=1S/C19H25N3OS/c1-21(2)16-9-7-15(8-10-16)19(23)20-14-17(18-6-5-13-24-18)22-11-3-4-12-22/h5-10,13,17H,3-4,11-12,14H2,1-2H3,(H,20,23)/t17-/m0/s1. The highest BCUT2D eigenvalue weighted by Gasteiger charge is 2.24. The molecule has 0 unspecified atom stereocenters. The van der Waals surface area contributed by atoms with Crippen LogP contribution in [-0.2, 0) is 0 Å². The number of benzene rings is 1. The van der Waals surface area contributed by atoms with Crippen molar-refractivity contribution < 1.29 is 4.79 Å². The maximum absolute atomic E-state index is 12.5. The average molecular weight is 343 g/mol. The largest absolute Gasteiger partial charge is 0.378 e. The number of carbonyl (C=O) groups is 1. The lowest BCUT2D eigenvalue weighted by Crippen LogP contribution is -2.36. The predicted molar refractivity (Wildman–Crippen MR) is 101 cm³/mol. The molecule has 1 atom stereocenters. The minimum Gasteiger partial charge on any atom is -0.378 e. The highest BCUT2D eigenvalue weighted by molar-refractivity contribution is 7.10. The van der Waals surface area contributed by atoms with E-state index in [1.165, 1.54) is 17.7 Å². The van der Waals surface area contributed by atoms with Gasteiger partial charge in [0.15, 0.2) is 0 Å². The third-order valence-electron chi connectivity index (χ3n) is 4.55. The van der Waals surface area contributed by atoms with Gasteiger partial charge in [-0.25, -0.2) is 0 Å². The molecular formula is C19H25N3OS. The van der Waals surface area contributed by atoms with Crippen LogP contribution in [0.2, 0.25) is 0 Å². The predicted octanol–water partition coefficient (Wildman–Crippen LogP) is 3.38. The van der Waals surface area contributed by atoms with Crippen LogP contribution in [-0.4, -0.2) is 44.5 Å². The van der Waals surface area contributed by atoms with Gasteiger partial charge in [-0.1, -0.05) is 6.07 Å².